The smallest absolute Gasteiger partial charge is 0.251 e. The van der Waals surface area contributed by atoms with Crippen LogP contribution in [0.25, 0.3) is 10.8 Å². The quantitative estimate of drug-likeness (QED) is 0.284. The van der Waals surface area contributed by atoms with E-state index in [2.05, 4.69) is 15.6 Å². The molecule has 0 aliphatic heterocycles. The SMILES string of the molecule is O=C(CC(Cc1ccc2ccccc2c1)n1nncc1CNC(=O)c1ccc(F)cc1)NO. The maximum atomic E-state index is 13.1. The lowest BCUT2D eigenvalue weighted by Crippen LogP contribution is -2.29. The lowest BCUT2D eigenvalue weighted by atomic mass is 9.99. The Hall–Kier alpha value is -4.11. The summed E-state index contributed by atoms with van der Waals surface area (Å²) in [7, 11) is 0. The van der Waals surface area contributed by atoms with Crippen LogP contribution < -0.4 is 10.8 Å². The van der Waals surface area contributed by atoms with Gasteiger partial charge in [0.15, 0.2) is 0 Å². The molecule has 0 aliphatic carbocycles. The molecular weight excluding hydrogens is 425 g/mol. The predicted molar refractivity (Wildman–Crippen MR) is 119 cm³/mol. The second kappa shape index (κ2) is 10.0. The van der Waals surface area contributed by atoms with E-state index in [0.717, 1.165) is 16.3 Å². The average molecular weight is 447 g/mol. The van der Waals surface area contributed by atoms with Crippen LogP contribution in [0.3, 0.4) is 0 Å². The summed E-state index contributed by atoms with van der Waals surface area (Å²) in [5, 5.41) is 22.1. The summed E-state index contributed by atoms with van der Waals surface area (Å²) in [4.78, 5) is 24.4. The monoisotopic (exact) mass is 447 g/mol. The Kier molecular flexibility index (Phi) is 6.70. The van der Waals surface area contributed by atoms with E-state index in [1.807, 2.05) is 42.5 Å². The van der Waals surface area contributed by atoms with Crippen molar-refractivity contribution in [3.8, 4) is 0 Å². The van der Waals surface area contributed by atoms with Gasteiger partial charge in [-0.3, -0.25) is 14.8 Å². The number of fused-ring (bicyclic) bond motifs is 1. The number of aromatic nitrogens is 3. The first-order chi connectivity index (χ1) is 16.0. The van der Waals surface area contributed by atoms with Gasteiger partial charge in [-0.2, -0.15) is 0 Å². The summed E-state index contributed by atoms with van der Waals surface area (Å²) >= 11 is 0. The van der Waals surface area contributed by atoms with Crippen LogP contribution in [0.5, 0.6) is 0 Å². The summed E-state index contributed by atoms with van der Waals surface area (Å²) in [6.45, 7) is 0.109. The number of hydrogen-bond acceptors (Lipinski definition) is 5. The van der Waals surface area contributed by atoms with E-state index >= 15 is 0 Å². The third-order valence-corrected chi connectivity index (χ3v) is 5.36. The van der Waals surface area contributed by atoms with E-state index in [-0.39, 0.29) is 18.9 Å². The number of halogens is 1. The van der Waals surface area contributed by atoms with E-state index in [0.29, 0.717) is 17.7 Å². The molecule has 3 N–H and O–H groups in total. The molecule has 2 amide bonds. The van der Waals surface area contributed by atoms with Crippen LogP contribution >= 0.6 is 0 Å². The lowest BCUT2D eigenvalue weighted by molar-refractivity contribution is -0.130. The normalized spacial score (nSPS) is 11.8. The van der Waals surface area contributed by atoms with Crippen molar-refractivity contribution in [2.45, 2.75) is 25.4 Å². The Morgan fingerprint density at radius 3 is 2.55 bits per heavy atom. The molecular formula is C24H22FN5O3. The second-order valence-corrected chi connectivity index (χ2v) is 7.64. The predicted octanol–water partition coefficient (Wildman–Crippen LogP) is 3.18. The summed E-state index contributed by atoms with van der Waals surface area (Å²) in [5.41, 5.74) is 3.56. The van der Waals surface area contributed by atoms with Gasteiger partial charge in [-0.05, 0) is 47.0 Å². The van der Waals surface area contributed by atoms with E-state index in [1.165, 1.54) is 30.5 Å². The average Bonchev–Trinajstić information content (AvgIpc) is 3.31. The highest BCUT2D eigenvalue weighted by molar-refractivity contribution is 5.94. The number of hydroxylamine groups is 1. The molecule has 0 spiro atoms. The van der Waals surface area contributed by atoms with E-state index in [1.54, 1.807) is 10.2 Å². The first-order valence-corrected chi connectivity index (χ1v) is 10.4. The summed E-state index contributed by atoms with van der Waals surface area (Å²) in [6.07, 6.45) is 1.93. The highest BCUT2D eigenvalue weighted by Crippen LogP contribution is 2.23. The number of nitrogens with zero attached hydrogens (tertiary/aromatic N) is 3. The Balaban J connectivity index is 1.53. The lowest BCUT2D eigenvalue weighted by Gasteiger charge is -2.19. The van der Waals surface area contributed by atoms with Gasteiger partial charge >= 0.3 is 0 Å². The molecule has 3 aromatic carbocycles. The molecule has 0 fully saturated rings. The number of benzene rings is 3. The van der Waals surface area contributed by atoms with Crippen molar-refractivity contribution in [1.29, 1.82) is 0 Å². The van der Waals surface area contributed by atoms with Crippen LogP contribution in [-0.2, 0) is 17.8 Å². The number of hydrogen-bond donors (Lipinski definition) is 3. The third kappa shape index (κ3) is 5.39. The molecule has 4 aromatic rings. The molecule has 168 valence electrons. The molecule has 1 unspecified atom stereocenters. The van der Waals surface area contributed by atoms with Gasteiger partial charge < -0.3 is 5.32 Å². The van der Waals surface area contributed by atoms with Gasteiger partial charge in [-0.15, -0.1) is 5.10 Å². The summed E-state index contributed by atoms with van der Waals surface area (Å²) in [6, 6.07) is 18.8. The van der Waals surface area contributed by atoms with Crippen LogP contribution in [0.1, 0.15) is 34.1 Å². The largest absolute Gasteiger partial charge is 0.346 e. The van der Waals surface area contributed by atoms with Gasteiger partial charge in [-0.25, -0.2) is 14.6 Å². The molecule has 0 saturated heterocycles. The third-order valence-electron chi connectivity index (χ3n) is 5.36. The van der Waals surface area contributed by atoms with Gasteiger partial charge in [0.1, 0.15) is 5.82 Å². The van der Waals surface area contributed by atoms with E-state index in [9.17, 15) is 14.0 Å². The molecule has 9 heteroatoms. The Labute approximate surface area is 189 Å². The first-order valence-electron chi connectivity index (χ1n) is 10.4. The number of nitrogens with one attached hydrogen (secondary N) is 2. The standard InChI is InChI=1S/C24H22FN5O3/c25-20-9-7-18(8-10-20)24(32)26-14-22-15-27-29-30(22)21(13-23(31)28-33)12-16-5-6-17-3-1-2-4-19(17)11-16/h1-11,15,21,33H,12-14H2,(H,26,32)(H,28,31). The maximum Gasteiger partial charge on any atom is 0.251 e. The molecule has 1 atom stereocenters. The maximum absolute atomic E-state index is 13.1. The van der Waals surface area contributed by atoms with Gasteiger partial charge in [0.2, 0.25) is 5.91 Å². The van der Waals surface area contributed by atoms with Crippen molar-refractivity contribution in [2.75, 3.05) is 0 Å². The van der Waals surface area contributed by atoms with Crippen molar-refractivity contribution in [2.24, 2.45) is 0 Å². The number of rotatable bonds is 8. The zero-order chi connectivity index (χ0) is 23.2. The van der Waals surface area contributed by atoms with Crippen molar-refractivity contribution in [3.05, 3.63) is 95.6 Å². The Morgan fingerprint density at radius 2 is 1.79 bits per heavy atom. The molecule has 0 bridgehead atoms. The molecule has 0 radical (unpaired) electrons. The highest BCUT2D eigenvalue weighted by atomic mass is 19.1. The minimum absolute atomic E-state index is 0.0361. The minimum atomic E-state index is -0.558. The van der Waals surface area contributed by atoms with E-state index in [4.69, 9.17) is 5.21 Å². The van der Waals surface area contributed by atoms with Crippen molar-refractivity contribution in [1.82, 2.24) is 25.8 Å². The van der Waals surface area contributed by atoms with Crippen LogP contribution in [0.4, 0.5) is 4.39 Å². The highest BCUT2D eigenvalue weighted by Gasteiger charge is 2.21. The summed E-state index contributed by atoms with van der Waals surface area (Å²) in [5.74, 6) is -1.35. The summed E-state index contributed by atoms with van der Waals surface area (Å²) < 4.78 is 14.7. The number of carbonyl (C=O) groups is 2. The number of amides is 2. The molecule has 1 aromatic heterocycles. The first kappa shape index (κ1) is 22.1. The molecule has 1 heterocycles. The van der Waals surface area contributed by atoms with Crippen LogP contribution in [0.15, 0.2) is 72.9 Å². The number of carbonyl (C=O) groups excluding carboxylic acids is 2. The van der Waals surface area contributed by atoms with Gasteiger partial charge in [0.25, 0.3) is 5.91 Å². The Bertz CT molecular complexity index is 1270. The molecule has 33 heavy (non-hydrogen) atoms. The van der Waals surface area contributed by atoms with Gasteiger partial charge in [-0.1, -0.05) is 47.7 Å². The van der Waals surface area contributed by atoms with Crippen molar-refractivity contribution >= 4 is 22.6 Å². The van der Waals surface area contributed by atoms with Gasteiger partial charge in [0.05, 0.1) is 30.9 Å². The molecule has 0 aliphatic rings. The second-order valence-electron chi connectivity index (χ2n) is 7.64. The zero-order valence-electron chi connectivity index (χ0n) is 17.6. The molecule has 4 rings (SSSR count). The van der Waals surface area contributed by atoms with Gasteiger partial charge in [0, 0.05) is 5.56 Å². The Morgan fingerprint density at radius 1 is 1.03 bits per heavy atom. The van der Waals surface area contributed by atoms with Crippen LogP contribution in [-0.4, -0.2) is 32.0 Å². The van der Waals surface area contributed by atoms with Crippen LogP contribution in [0.2, 0.25) is 0 Å². The minimum Gasteiger partial charge on any atom is -0.346 e. The topological polar surface area (TPSA) is 109 Å². The zero-order valence-corrected chi connectivity index (χ0v) is 17.6. The fourth-order valence-corrected chi connectivity index (χ4v) is 3.72. The van der Waals surface area contributed by atoms with Crippen LogP contribution in [0, 0.1) is 5.82 Å². The van der Waals surface area contributed by atoms with Crippen molar-refractivity contribution in [3.63, 3.8) is 0 Å². The van der Waals surface area contributed by atoms with E-state index < -0.39 is 17.8 Å². The fraction of sp³-hybridized carbons (Fsp3) is 0.167. The molecule has 8 nitrogen and oxygen atoms in total. The van der Waals surface area contributed by atoms with Crippen molar-refractivity contribution < 1.29 is 19.2 Å². The molecule has 0 saturated carbocycles. The fourth-order valence-electron chi connectivity index (χ4n) is 3.72.